The summed E-state index contributed by atoms with van der Waals surface area (Å²) in [5.74, 6) is -1.14. The lowest BCUT2D eigenvalue weighted by atomic mass is 10.00. The number of rotatable bonds is 6. The Morgan fingerprint density at radius 3 is 2.42 bits per heavy atom. The molecule has 2 unspecified atom stereocenters. The third-order valence-electron chi connectivity index (χ3n) is 4.08. The van der Waals surface area contributed by atoms with Gasteiger partial charge in [-0.15, -0.1) is 12.4 Å². The molecule has 0 aliphatic carbocycles. The summed E-state index contributed by atoms with van der Waals surface area (Å²) >= 11 is 0. The van der Waals surface area contributed by atoms with Crippen LogP contribution in [-0.2, 0) is 9.59 Å². The first-order chi connectivity index (χ1) is 10.9. The van der Waals surface area contributed by atoms with Gasteiger partial charge >= 0.3 is 5.97 Å². The second-order valence-electron chi connectivity index (χ2n) is 5.79. The van der Waals surface area contributed by atoms with E-state index in [2.05, 4.69) is 5.32 Å². The number of hydrogen-bond acceptors (Lipinski definition) is 3. The molecule has 24 heavy (non-hydrogen) atoms. The van der Waals surface area contributed by atoms with Crippen molar-refractivity contribution in [3.8, 4) is 0 Å². The minimum atomic E-state index is -0.942. The van der Waals surface area contributed by atoms with Crippen molar-refractivity contribution in [3.05, 3.63) is 48.0 Å². The van der Waals surface area contributed by atoms with Gasteiger partial charge in [-0.05, 0) is 37.2 Å². The number of benzene rings is 2. The smallest absolute Gasteiger partial charge is 0.320 e. The fraction of sp³-hybridized carbons (Fsp3) is 0.333. The summed E-state index contributed by atoms with van der Waals surface area (Å²) in [6, 6.07) is 13.2. The van der Waals surface area contributed by atoms with Crippen LogP contribution in [0.25, 0.3) is 10.8 Å². The normalized spacial score (nSPS) is 13.2. The number of likely N-dealkylation sites (N-methyl/N-ethyl adjacent to an activating group) is 1. The van der Waals surface area contributed by atoms with Gasteiger partial charge in [0.25, 0.3) is 0 Å². The maximum Gasteiger partial charge on any atom is 0.320 e. The molecule has 0 spiro atoms. The second kappa shape index (κ2) is 8.66. The number of fused-ring (bicyclic) bond motifs is 1. The Morgan fingerprint density at radius 1 is 1.12 bits per heavy atom. The maximum absolute atomic E-state index is 12.2. The summed E-state index contributed by atoms with van der Waals surface area (Å²) in [4.78, 5) is 24.6. The highest BCUT2D eigenvalue weighted by Crippen LogP contribution is 2.23. The van der Waals surface area contributed by atoms with Gasteiger partial charge in [-0.3, -0.25) is 14.5 Å². The minimum Gasteiger partial charge on any atom is -0.480 e. The minimum absolute atomic E-state index is 0. The summed E-state index contributed by atoms with van der Waals surface area (Å²) in [5.41, 5.74) is 1.05. The van der Waals surface area contributed by atoms with Gasteiger partial charge in [0.1, 0.15) is 6.04 Å². The third-order valence-corrected chi connectivity index (χ3v) is 4.08. The lowest BCUT2D eigenvalue weighted by Gasteiger charge is -2.22. The highest BCUT2D eigenvalue weighted by Gasteiger charge is 2.20. The van der Waals surface area contributed by atoms with Crippen molar-refractivity contribution in [2.45, 2.75) is 25.9 Å². The summed E-state index contributed by atoms with van der Waals surface area (Å²) in [7, 11) is 1.63. The molecule has 2 aromatic carbocycles. The summed E-state index contributed by atoms with van der Waals surface area (Å²) < 4.78 is 0. The van der Waals surface area contributed by atoms with Crippen molar-refractivity contribution in [1.29, 1.82) is 0 Å². The quantitative estimate of drug-likeness (QED) is 0.840. The molecule has 0 bridgehead atoms. The zero-order valence-electron chi connectivity index (χ0n) is 14.0. The Labute approximate surface area is 148 Å². The van der Waals surface area contributed by atoms with E-state index >= 15 is 0 Å². The topological polar surface area (TPSA) is 69.6 Å². The Bertz CT molecular complexity index is 715. The van der Waals surface area contributed by atoms with Crippen LogP contribution in [0.1, 0.15) is 25.5 Å². The number of carbonyl (C=O) groups excluding carboxylic acids is 1. The number of hydrogen-bond donors (Lipinski definition) is 2. The van der Waals surface area contributed by atoms with Crippen LogP contribution >= 0.6 is 12.4 Å². The number of nitrogens with zero attached hydrogens (tertiary/aromatic N) is 1. The maximum atomic E-state index is 12.2. The average Bonchev–Trinajstić information content (AvgIpc) is 2.53. The molecule has 6 heteroatoms. The lowest BCUT2D eigenvalue weighted by molar-refractivity contribution is -0.142. The van der Waals surface area contributed by atoms with E-state index in [0.717, 1.165) is 16.3 Å². The molecule has 0 aliphatic rings. The number of amides is 1. The fourth-order valence-corrected chi connectivity index (χ4v) is 2.54. The molecule has 130 valence electrons. The molecular weight excluding hydrogens is 328 g/mol. The van der Waals surface area contributed by atoms with Crippen LogP contribution in [0, 0.1) is 0 Å². The molecule has 1 amide bonds. The number of halogens is 1. The van der Waals surface area contributed by atoms with Crippen LogP contribution < -0.4 is 5.32 Å². The molecule has 0 saturated carbocycles. The van der Waals surface area contributed by atoms with Crippen molar-refractivity contribution < 1.29 is 14.7 Å². The van der Waals surface area contributed by atoms with E-state index in [-0.39, 0.29) is 30.9 Å². The molecule has 5 nitrogen and oxygen atoms in total. The van der Waals surface area contributed by atoms with Crippen LogP contribution in [0.4, 0.5) is 0 Å². The van der Waals surface area contributed by atoms with Gasteiger partial charge in [0.15, 0.2) is 0 Å². The van der Waals surface area contributed by atoms with Gasteiger partial charge < -0.3 is 10.4 Å². The van der Waals surface area contributed by atoms with Gasteiger partial charge in [-0.25, -0.2) is 0 Å². The van der Waals surface area contributed by atoms with E-state index in [4.69, 9.17) is 5.11 Å². The number of carbonyl (C=O) groups is 2. The van der Waals surface area contributed by atoms with Crippen molar-refractivity contribution in [3.63, 3.8) is 0 Å². The van der Waals surface area contributed by atoms with Gasteiger partial charge in [0.05, 0.1) is 12.6 Å². The zero-order chi connectivity index (χ0) is 17.0. The Kier molecular flexibility index (Phi) is 7.19. The predicted octanol–water partition coefficient (Wildman–Crippen LogP) is 2.84. The second-order valence-corrected chi connectivity index (χ2v) is 5.79. The first-order valence-electron chi connectivity index (χ1n) is 7.60. The van der Waals surface area contributed by atoms with Crippen LogP contribution in [0.3, 0.4) is 0 Å². The molecule has 2 atom stereocenters. The SMILES string of the molecule is CC(NC(=O)CN(C)C(C)C(=O)O)c1cccc2ccccc12.Cl. The fourth-order valence-electron chi connectivity index (χ4n) is 2.54. The van der Waals surface area contributed by atoms with Crippen molar-refractivity contribution in [2.75, 3.05) is 13.6 Å². The molecular formula is C18H23ClN2O3. The lowest BCUT2D eigenvalue weighted by Crippen LogP contribution is -2.43. The highest BCUT2D eigenvalue weighted by atomic mass is 35.5. The van der Waals surface area contributed by atoms with Gasteiger partial charge in [0.2, 0.25) is 5.91 Å². The number of carboxylic acid groups (broad SMARTS) is 1. The van der Waals surface area contributed by atoms with Crippen LogP contribution in [0.5, 0.6) is 0 Å². The molecule has 2 N–H and O–H groups in total. The van der Waals surface area contributed by atoms with E-state index in [0.29, 0.717) is 0 Å². The van der Waals surface area contributed by atoms with Gasteiger partial charge in [0, 0.05) is 0 Å². The molecule has 0 heterocycles. The van der Waals surface area contributed by atoms with Crippen molar-refractivity contribution in [2.24, 2.45) is 0 Å². The van der Waals surface area contributed by atoms with Crippen molar-refractivity contribution >= 4 is 35.1 Å². The third kappa shape index (κ3) is 4.69. The predicted molar refractivity (Wildman–Crippen MR) is 97.5 cm³/mol. The zero-order valence-corrected chi connectivity index (χ0v) is 14.8. The van der Waals surface area contributed by atoms with Gasteiger partial charge in [-0.2, -0.15) is 0 Å². The molecule has 2 rings (SSSR count). The number of aliphatic carboxylic acids is 1. The molecule has 0 fully saturated rings. The molecule has 2 aromatic rings. The molecule has 0 radical (unpaired) electrons. The first-order valence-corrected chi connectivity index (χ1v) is 7.60. The van der Waals surface area contributed by atoms with Crippen molar-refractivity contribution in [1.82, 2.24) is 10.2 Å². The Balaban J connectivity index is 0.00000288. The van der Waals surface area contributed by atoms with E-state index in [1.165, 1.54) is 4.90 Å². The monoisotopic (exact) mass is 350 g/mol. The summed E-state index contributed by atoms with van der Waals surface area (Å²) in [5, 5.41) is 14.1. The first kappa shape index (κ1) is 19.9. The standard InChI is InChI=1S/C18H22N2O3.ClH/c1-12(19-17(21)11-20(3)13(2)18(22)23)15-10-6-8-14-7-4-5-9-16(14)15;/h4-10,12-13H,11H2,1-3H3,(H,19,21)(H,22,23);1H. The largest absolute Gasteiger partial charge is 0.480 e. The van der Waals surface area contributed by atoms with E-state index < -0.39 is 12.0 Å². The molecule has 0 aliphatic heterocycles. The van der Waals surface area contributed by atoms with Crippen LogP contribution in [-0.4, -0.2) is 41.5 Å². The summed E-state index contributed by atoms with van der Waals surface area (Å²) in [6.07, 6.45) is 0. The molecule has 0 saturated heterocycles. The Hall–Kier alpha value is -2.11. The highest BCUT2D eigenvalue weighted by molar-refractivity contribution is 5.87. The van der Waals surface area contributed by atoms with E-state index in [1.54, 1.807) is 14.0 Å². The van der Waals surface area contributed by atoms with Crippen LogP contribution in [0.2, 0.25) is 0 Å². The van der Waals surface area contributed by atoms with E-state index in [1.807, 2.05) is 49.4 Å². The van der Waals surface area contributed by atoms with Gasteiger partial charge in [-0.1, -0.05) is 42.5 Å². The Morgan fingerprint density at radius 2 is 1.75 bits per heavy atom. The van der Waals surface area contributed by atoms with Crippen LogP contribution in [0.15, 0.2) is 42.5 Å². The number of carboxylic acids is 1. The average molecular weight is 351 g/mol. The number of nitrogens with one attached hydrogen (secondary N) is 1. The van der Waals surface area contributed by atoms with E-state index in [9.17, 15) is 9.59 Å². The summed E-state index contributed by atoms with van der Waals surface area (Å²) in [6.45, 7) is 3.53. The molecule has 0 aromatic heterocycles.